The molecule has 4 aromatic rings. The lowest BCUT2D eigenvalue weighted by atomic mass is 10.0. The van der Waals surface area contributed by atoms with Crippen molar-refractivity contribution in [3.63, 3.8) is 0 Å². The van der Waals surface area contributed by atoms with Gasteiger partial charge in [0.25, 0.3) is 5.56 Å². The Morgan fingerprint density at radius 2 is 2.03 bits per heavy atom. The number of hydrogen-bond donors (Lipinski definition) is 1. The highest BCUT2D eigenvalue weighted by molar-refractivity contribution is 7.99. The maximum Gasteiger partial charge on any atom is 0.263 e. The molecule has 2 heterocycles. The molecular weight excluding hydrogens is 440 g/mol. The highest BCUT2D eigenvalue weighted by atomic mass is 32.2. The first-order chi connectivity index (χ1) is 15.5. The SMILES string of the molecule is Cc1ccc(-c2csc3ncn(CC(=O)Nc4ccccc4SCC#N)c(=O)c23)cc1C. The molecule has 8 heteroatoms. The molecule has 0 spiro atoms. The fraction of sp³-hybridized carbons (Fsp3) is 0.167. The van der Waals surface area contributed by atoms with Crippen molar-refractivity contribution in [3.8, 4) is 17.2 Å². The lowest BCUT2D eigenvalue weighted by Crippen LogP contribution is -2.28. The highest BCUT2D eigenvalue weighted by Gasteiger charge is 2.16. The van der Waals surface area contributed by atoms with Crippen molar-refractivity contribution in [2.45, 2.75) is 25.3 Å². The summed E-state index contributed by atoms with van der Waals surface area (Å²) in [6, 6.07) is 15.5. The largest absolute Gasteiger partial charge is 0.324 e. The Hall–Kier alpha value is -3.41. The van der Waals surface area contributed by atoms with Gasteiger partial charge in [0.05, 0.1) is 29.2 Å². The summed E-state index contributed by atoms with van der Waals surface area (Å²) in [5.74, 6) is -0.0481. The molecule has 0 unspecified atom stereocenters. The van der Waals surface area contributed by atoms with Crippen LogP contribution in [-0.4, -0.2) is 21.2 Å². The number of aryl methyl sites for hydroxylation is 2. The third-order valence-corrected chi connectivity index (χ3v) is 6.97. The molecule has 2 aromatic heterocycles. The summed E-state index contributed by atoms with van der Waals surface area (Å²) in [4.78, 5) is 31.8. The monoisotopic (exact) mass is 460 g/mol. The first-order valence-corrected chi connectivity index (χ1v) is 11.8. The molecule has 0 aliphatic rings. The number of fused-ring (bicyclic) bond motifs is 1. The highest BCUT2D eigenvalue weighted by Crippen LogP contribution is 2.31. The normalized spacial score (nSPS) is 10.8. The number of anilines is 1. The molecule has 160 valence electrons. The van der Waals surface area contributed by atoms with Gasteiger partial charge in [-0.2, -0.15) is 5.26 Å². The second-order valence-electron chi connectivity index (χ2n) is 7.30. The van der Waals surface area contributed by atoms with Crippen LogP contribution >= 0.6 is 23.1 Å². The smallest absolute Gasteiger partial charge is 0.263 e. The van der Waals surface area contributed by atoms with Gasteiger partial charge in [0.1, 0.15) is 11.4 Å². The molecule has 2 aromatic carbocycles. The second kappa shape index (κ2) is 9.39. The zero-order valence-corrected chi connectivity index (χ0v) is 19.2. The standard InChI is InChI=1S/C24H20N4O2S2/c1-15-7-8-17(11-16(15)2)18-13-32-23-22(18)24(30)28(14-26-23)12-21(29)27-19-5-3-4-6-20(19)31-10-9-25/h3-8,11,13-14H,10,12H2,1-2H3,(H,27,29). The molecule has 32 heavy (non-hydrogen) atoms. The molecule has 6 nitrogen and oxygen atoms in total. The van der Waals surface area contributed by atoms with E-state index in [4.69, 9.17) is 5.26 Å². The maximum atomic E-state index is 13.2. The van der Waals surface area contributed by atoms with Gasteiger partial charge in [0.2, 0.25) is 5.91 Å². The van der Waals surface area contributed by atoms with Gasteiger partial charge in [-0.05, 0) is 42.7 Å². The Balaban J connectivity index is 1.63. The summed E-state index contributed by atoms with van der Waals surface area (Å²) in [6.45, 7) is 3.94. The van der Waals surface area contributed by atoms with Crippen LogP contribution in [0.5, 0.6) is 0 Å². The average Bonchev–Trinajstić information content (AvgIpc) is 3.22. The molecule has 0 fully saturated rings. The van der Waals surface area contributed by atoms with Crippen LogP contribution in [0.2, 0.25) is 0 Å². The van der Waals surface area contributed by atoms with Crippen LogP contribution in [0.1, 0.15) is 11.1 Å². The summed E-state index contributed by atoms with van der Waals surface area (Å²) >= 11 is 2.77. The Morgan fingerprint density at radius 3 is 2.81 bits per heavy atom. The minimum Gasteiger partial charge on any atom is -0.324 e. The zero-order valence-electron chi connectivity index (χ0n) is 17.6. The van der Waals surface area contributed by atoms with Gasteiger partial charge in [-0.15, -0.1) is 23.1 Å². The van der Waals surface area contributed by atoms with E-state index in [1.165, 1.54) is 39.6 Å². The first-order valence-electron chi connectivity index (χ1n) is 9.91. The van der Waals surface area contributed by atoms with Crippen molar-refractivity contribution in [2.24, 2.45) is 0 Å². The van der Waals surface area contributed by atoms with Crippen molar-refractivity contribution in [1.82, 2.24) is 9.55 Å². The second-order valence-corrected chi connectivity index (χ2v) is 9.17. The maximum absolute atomic E-state index is 13.2. The lowest BCUT2D eigenvalue weighted by Gasteiger charge is -2.11. The lowest BCUT2D eigenvalue weighted by molar-refractivity contribution is -0.116. The van der Waals surface area contributed by atoms with Crippen molar-refractivity contribution < 1.29 is 4.79 Å². The van der Waals surface area contributed by atoms with E-state index >= 15 is 0 Å². The van der Waals surface area contributed by atoms with Gasteiger partial charge in [-0.3, -0.25) is 14.2 Å². The summed E-state index contributed by atoms with van der Waals surface area (Å²) in [6.07, 6.45) is 1.42. The molecule has 4 rings (SSSR count). The van der Waals surface area contributed by atoms with Gasteiger partial charge >= 0.3 is 0 Å². The van der Waals surface area contributed by atoms with Gasteiger partial charge < -0.3 is 5.32 Å². The van der Waals surface area contributed by atoms with Gasteiger partial charge in [0.15, 0.2) is 0 Å². The number of thioether (sulfide) groups is 1. The number of carbonyl (C=O) groups excluding carboxylic acids is 1. The number of nitrogens with one attached hydrogen (secondary N) is 1. The number of para-hydroxylation sites is 1. The molecule has 0 atom stereocenters. The van der Waals surface area contributed by atoms with Gasteiger partial charge in [-0.1, -0.05) is 30.3 Å². The molecule has 1 amide bonds. The Labute approximate surface area is 193 Å². The fourth-order valence-electron chi connectivity index (χ4n) is 3.35. The summed E-state index contributed by atoms with van der Waals surface area (Å²) in [5, 5.41) is 14.1. The van der Waals surface area contributed by atoms with Crippen LogP contribution in [0.3, 0.4) is 0 Å². The number of carbonyl (C=O) groups is 1. The number of aromatic nitrogens is 2. The Bertz CT molecular complexity index is 1420. The van der Waals surface area contributed by atoms with E-state index in [0.717, 1.165) is 21.6 Å². The Kier molecular flexibility index (Phi) is 6.40. The summed E-state index contributed by atoms with van der Waals surface area (Å²) in [7, 11) is 0. The van der Waals surface area contributed by atoms with E-state index in [1.54, 1.807) is 6.07 Å². The van der Waals surface area contributed by atoms with Crippen LogP contribution < -0.4 is 10.9 Å². The third-order valence-electron chi connectivity index (χ3n) is 5.15. The molecule has 1 N–H and O–H groups in total. The van der Waals surface area contributed by atoms with Crippen molar-refractivity contribution in [3.05, 3.63) is 75.7 Å². The van der Waals surface area contributed by atoms with E-state index in [0.29, 0.717) is 15.9 Å². The van der Waals surface area contributed by atoms with E-state index in [9.17, 15) is 9.59 Å². The molecule has 0 saturated carbocycles. The average molecular weight is 461 g/mol. The number of amides is 1. The number of nitrogens with zero attached hydrogens (tertiary/aromatic N) is 3. The van der Waals surface area contributed by atoms with Crippen molar-refractivity contribution in [1.29, 1.82) is 5.26 Å². The van der Waals surface area contributed by atoms with Gasteiger partial charge in [-0.25, -0.2) is 4.98 Å². The number of benzene rings is 2. The van der Waals surface area contributed by atoms with Crippen LogP contribution in [0, 0.1) is 25.2 Å². The topological polar surface area (TPSA) is 87.8 Å². The van der Waals surface area contributed by atoms with Crippen LogP contribution in [0.25, 0.3) is 21.3 Å². The number of thiophene rings is 1. The third kappa shape index (κ3) is 4.44. The van der Waals surface area contributed by atoms with Crippen molar-refractivity contribution >= 4 is 44.9 Å². The van der Waals surface area contributed by atoms with Crippen LogP contribution in [-0.2, 0) is 11.3 Å². The van der Waals surface area contributed by atoms with E-state index < -0.39 is 0 Å². The van der Waals surface area contributed by atoms with Gasteiger partial charge in [0, 0.05) is 15.8 Å². The predicted octanol–water partition coefficient (Wildman–Crippen LogP) is 5.00. The predicted molar refractivity (Wildman–Crippen MR) is 130 cm³/mol. The first kappa shape index (κ1) is 21.8. The molecule has 0 aliphatic carbocycles. The van der Waals surface area contributed by atoms with E-state index in [-0.39, 0.29) is 23.8 Å². The molecule has 0 aliphatic heterocycles. The van der Waals surface area contributed by atoms with E-state index in [1.807, 2.05) is 42.6 Å². The molecular formula is C24H20N4O2S2. The molecule has 0 saturated heterocycles. The van der Waals surface area contributed by atoms with E-state index in [2.05, 4.69) is 29.4 Å². The number of nitriles is 1. The molecule has 0 bridgehead atoms. The summed E-state index contributed by atoms with van der Waals surface area (Å²) < 4.78 is 1.33. The summed E-state index contributed by atoms with van der Waals surface area (Å²) in [5.41, 5.74) is 4.51. The van der Waals surface area contributed by atoms with Crippen LogP contribution in [0.4, 0.5) is 5.69 Å². The number of hydrogen-bond acceptors (Lipinski definition) is 6. The fourth-order valence-corrected chi connectivity index (χ4v) is 4.93. The minimum absolute atomic E-state index is 0.152. The quantitative estimate of drug-likeness (QED) is 0.409. The minimum atomic E-state index is -0.332. The van der Waals surface area contributed by atoms with Crippen molar-refractivity contribution in [2.75, 3.05) is 11.1 Å². The number of rotatable bonds is 6. The van der Waals surface area contributed by atoms with Crippen LogP contribution in [0.15, 0.2) is 63.9 Å². The zero-order chi connectivity index (χ0) is 22.7. The molecule has 0 radical (unpaired) electrons. The Morgan fingerprint density at radius 1 is 1.22 bits per heavy atom.